The van der Waals surface area contributed by atoms with Crippen LogP contribution < -0.4 is 5.73 Å². The summed E-state index contributed by atoms with van der Waals surface area (Å²) in [6.45, 7) is 1.65. The minimum atomic E-state index is -0.583. The first-order valence-electron chi connectivity index (χ1n) is 3.32. The molecule has 1 aromatic carbocycles. The first-order chi connectivity index (χ1) is 5.11. The van der Waals surface area contributed by atoms with Crippen LogP contribution in [0.4, 0.5) is 8.78 Å². The van der Waals surface area contributed by atoms with Crippen molar-refractivity contribution < 1.29 is 8.78 Å². The molecule has 0 bridgehead atoms. The van der Waals surface area contributed by atoms with Crippen molar-refractivity contribution >= 4 is 0 Å². The van der Waals surface area contributed by atoms with Crippen LogP contribution >= 0.6 is 0 Å². The standard InChI is InChI=1S/C8H9F2N/c1-5(11)7-3-2-6(9)4-8(7)10/h2-5H,11H2,1H3. The monoisotopic (exact) mass is 157 g/mol. The highest BCUT2D eigenvalue weighted by atomic mass is 19.1. The maximum atomic E-state index is 12.8. The van der Waals surface area contributed by atoms with Gasteiger partial charge in [0.2, 0.25) is 0 Å². The summed E-state index contributed by atoms with van der Waals surface area (Å²) >= 11 is 0. The number of benzene rings is 1. The summed E-state index contributed by atoms with van der Waals surface area (Å²) in [5, 5.41) is 0. The molecular weight excluding hydrogens is 148 g/mol. The number of rotatable bonds is 1. The summed E-state index contributed by atoms with van der Waals surface area (Å²) in [4.78, 5) is 0. The van der Waals surface area contributed by atoms with Gasteiger partial charge >= 0.3 is 0 Å². The van der Waals surface area contributed by atoms with E-state index < -0.39 is 17.7 Å². The van der Waals surface area contributed by atoms with Crippen molar-refractivity contribution in [2.24, 2.45) is 5.73 Å². The van der Waals surface area contributed by atoms with Crippen LogP contribution in [-0.2, 0) is 0 Å². The van der Waals surface area contributed by atoms with Crippen molar-refractivity contribution in [2.75, 3.05) is 0 Å². The molecule has 1 atom stereocenters. The van der Waals surface area contributed by atoms with Crippen LogP contribution in [-0.4, -0.2) is 0 Å². The summed E-state index contributed by atoms with van der Waals surface area (Å²) in [5.74, 6) is -1.16. The van der Waals surface area contributed by atoms with Crippen molar-refractivity contribution in [3.8, 4) is 0 Å². The molecule has 0 aliphatic carbocycles. The molecule has 0 amide bonds. The van der Waals surface area contributed by atoms with E-state index in [2.05, 4.69) is 0 Å². The number of halogens is 2. The second-order valence-electron chi connectivity index (χ2n) is 2.45. The summed E-state index contributed by atoms with van der Waals surface area (Å²) in [6.07, 6.45) is 0. The first-order valence-corrected chi connectivity index (χ1v) is 3.32. The van der Waals surface area contributed by atoms with Crippen LogP contribution in [0.5, 0.6) is 0 Å². The lowest BCUT2D eigenvalue weighted by Crippen LogP contribution is -2.07. The SMILES string of the molecule is CC(N)c1ccc(F)cc1F. The van der Waals surface area contributed by atoms with Crippen molar-refractivity contribution in [3.63, 3.8) is 0 Å². The van der Waals surface area contributed by atoms with Gasteiger partial charge in [0.15, 0.2) is 0 Å². The van der Waals surface area contributed by atoms with E-state index in [-0.39, 0.29) is 0 Å². The molecule has 3 heteroatoms. The van der Waals surface area contributed by atoms with Crippen LogP contribution in [0.15, 0.2) is 18.2 Å². The van der Waals surface area contributed by atoms with Gasteiger partial charge in [0.1, 0.15) is 11.6 Å². The minimum absolute atomic E-state index is 0.339. The summed E-state index contributed by atoms with van der Waals surface area (Å²) in [5.41, 5.74) is 5.74. The first kappa shape index (κ1) is 8.14. The number of nitrogens with two attached hydrogens (primary N) is 1. The average molecular weight is 157 g/mol. The zero-order valence-electron chi connectivity index (χ0n) is 6.14. The van der Waals surface area contributed by atoms with Gasteiger partial charge in [-0.05, 0) is 13.0 Å². The Labute approximate surface area is 63.8 Å². The van der Waals surface area contributed by atoms with Crippen molar-refractivity contribution in [3.05, 3.63) is 35.4 Å². The average Bonchev–Trinajstić information content (AvgIpc) is 1.85. The van der Waals surface area contributed by atoms with E-state index >= 15 is 0 Å². The molecular formula is C8H9F2N. The third-order valence-corrected chi connectivity index (χ3v) is 1.45. The maximum absolute atomic E-state index is 12.8. The van der Waals surface area contributed by atoms with Crippen molar-refractivity contribution in [2.45, 2.75) is 13.0 Å². The normalized spacial score (nSPS) is 13.1. The fraction of sp³-hybridized carbons (Fsp3) is 0.250. The lowest BCUT2D eigenvalue weighted by atomic mass is 10.1. The number of hydrogen-bond donors (Lipinski definition) is 1. The predicted molar refractivity (Wildman–Crippen MR) is 39.0 cm³/mol. The molecule has 1 aromatic rings. The lowest BCUT2D eigenvalue weighted by Gasteiger charge is -2.05. The number of hydrogen-bond acceptors (Lipinski definition) is 1. The summed E-state index contributed by atoms with van der Waals surface area (Å²) < 4.78 is 25.1. The lowest BCUT2D eigenvalue weighted by molar-refractivity contribution is 0.562. The molecule has 0 spiro atoms. The molecule has 0 saturated carbocycles. The Morgan fingerprint density at radius 3 is 2.45 bits per heavy atom. The maximum Gasteiger partial charge on any atom is 0.130 e. The van der Waals surface area contributed by atoms with Crippen LogP contribution in [0.25, 0.3) is 0 Å². The highest BCUT2D eigenvalue weighted by molar-refractivity contribution is 5.20. The Morgan fingerprint density at radius 1 is 1.36 bits per heavy atom. The zero-order chi connectivity index (χ0) is 8.43. The van der Waals surface area contributed by atoms with Crippen molar-refractivity contribution in [1.29, 1.82) is 0 Å². The highest BCUT2D eigenvalue weighted by Crippen LogP contribution is 2.14. The van der Waals surface area contributed by atoms with E-state index in [0.717, 1.165) is 6.07 Å². The van der Waals surface area contributed by atoms with Crippen LogP contribution in [0.1, 0.15) is 18.5 Å². The smallest absolute Gasteiger partial charge is 0.130 e. The van der Waals surface area contributed by atoms with Crippen molar-refractivity contribution in [1.82, 2.24) is 0 Å². The Bertz CT molecular complexity index is 258. The van der Waals surface area contributed by atoms with Gasteiger partial charge in [-0.15, -0.1) is 0 Å². The molecule has 0 saturated heterocycles. The van der Waals surface area contributed by atoms with E-state index in [4.69, 9.17) is 5.73 Å². The van der Waals surface area contributed by atoms with Gasteiger partial charge in [-0.1, -0.05) is 6.07 Å². The van der Waals surface area contributed by atoms with E-state index in [1.807, 2.05) is 0 Å². The van der Waals surface area contributed by atoms with Gasteiger partial charge in [-0.3, -0.25) is 0 Å². The molecule has 0 radical (unpaired) electrons. The predicted octanol–water partition coefficient (Wildman–Crippen LogP) is 1.98. The third-order valence-electron chi connectivity index (χ3n) is 1.45. The molecule has 1 nitrogen and oxygen atoms in total. The Balaban J connectivity index is 3.09. The summed E-state index contributed by atoms with van der Waals surface area (Å²) in [6, 6.07) is 2.99. The quantitative estimate of drug-likeness (QED) is 0.662. The molecule has 0 aromatic heterocycles. The molecule has 2 N–H and O–H groups in total. The molecule has 60 valence electrons. The minimum Gasteiger partial charge on any atom is -0.324 e. The van der Waals surface area contributed by atoms with Crippen LogP contribution in [0.2, 0.25) is 0 Å². The van der Waals surface area contributed by atoms with Crippen LogP contribution in [0, 0.1) is 11.6 Å². The van der Waals surface area contributed by atoms with Gasteiger partial charge in [-0.2, -0.15) is 0 Å². The van der Waals surface area contributed by atoms with E-state index in [1.165, 1.54) is 12.1 Å². The molecule has 1 unspecified atom stereocenters. The fourth-order valence-electron chi connectivity index (χ4n) is 0.871. The highest BCUT2D eigenvalue weighted by Gasteiger charge is 2.06. The van der Waals surface area contributed by atoms with Crippen LogP contribution in [0.3, 0.4) is 0 Å². The van der Waals surface area contributed by atoms with Gasteiger partial charge in [-0.25, -0.2) is 8.78 Å². The second kappa shape index (κ2) is 2.96. The van der Waals surface area contributed by atoms with E-state index in [0.29, 0.717) is 5.56 Å². The molecule has 0 aliphatic heterocycles. The Hall–Kier alpha value is -0.960. The second-order valence-corrected chi connectivity index (χ2v) is 2.45. The van der Waals surface area contributed by atoms with E-state index in [9.17, 15) is 8.78 Å². The zero-order valence-corrected chi connectivity index (χ0v) is 6.14. The van der Waals surface area contributed by atoms with Gasteiger partial charge in [0.25, 0.3) is 0 Å². The third kappa shape index (κ3) is 1.74. The molecule has 0 fully saturated rings. The fourth-order valence-corrected chi connectivity index (χ4v) is 0.871. The molecule has 1 rings (SSSR count). The topological polar surface area (TPSA) is 26.0 Å². The van der Waals surface area contributed by atoms with E-state index in [1.54, 1.807) is 6.92 Å². The molecule has 0 aliphatic rings. The summed E-state index contributed by atoms with van der Waals surface area (Å²) in [7, 11) is 0. The van der Waals surface area contributed by atoms with Gasteiger partial charge in [0, 0.05) is 17.7 Å². The Kier molecular flexibility index (Phi) is 2.19. The largest absolute Gasteiger partial charge is 0.324 e. The Morgan fingerprint density at radius 2 is 2.00 bits per heavy atom. The van der Waals surface area contributed by atoms with Gasteiger partial charge in [0.05, 0.1) is 0 Å². The van der Waals surface area contributed by atoms with Gasteiger partial charge < -0.3 is 5.73 Å². The molecule has 11 heavy (non-hydrogen) atoms. The molecule has 0 heterocycles.